The highest BCUT2D eigenvalue weighted by atomic mass is 32.2. The van der Waals surface area contributed by atoms with Gasteiger partial charge >= 0.3 is 0 Å². The number of aromatic nitrogens is 1. The lowest BCUT2D eigenvalue weighted by atomic mass is 10.2. The van der Waals surface area contributed by atoms with E-state index < -0.39 is 11.1 Å². The molecule has 0 radical (unpaired) electrons. The summed E-state index contributed by atoms with van der Waals surface area (Å²) in [6.45, 7) is 0. The first-order valence-electron chi connectivity index (χ1n) is 3.73. The minimum atomic E-state index is -1.92. The Morgan fingerprint density at radius 3 is 2.92 bits per heavy atom. The lowest BCUT2D eigenvalue weighted by Crippen LogP contribution is -1.88. The average molecular weight is 193 g/mol. The van der Waals surface area contributed by atoms with Gasteiger partial charge < -0.3 is 4.55 Å². The van der Waals surface area contributed by atoms with E-state index in [0.29, 0.717) is 4.90 Å². The van der Waals surface area contributed by atoms with Crippen molar-refractivity contribution < 1.29 is 8.76 Å². The quantitative estimate of drug-likeness (QED) is 0.703. The molecule has 13 heavy (non-hydrogen) atoms. The minimum Gasteiger partial charge on any atom is -0.302 e. The molecule has 0 aliphatic carbocycles. The molecule has 3 nitrogen and oxygen atoms in total. The van der Waals surface area contributed by atoms with Crippen LogP contribution in [0.4, 0.5) is 0 Å². The van der Waals surface area contributed by atoms with E-state index in [1.165, 1.54) is 0 Å². The van der Waals surface area contributed by atoms with Crippen molar-refractivity contribution in [2.45, 2.75) is 4.90 Å². The van der Waals surface area contributed by atoms with E-state index in [-0.39, 0.29) is 0 Å². The van der Waals surface area contributed by atoms with Gasteiger partial charge in [-0.2, -0.15) is 0 Å². The highest BCUT2D eigenvalue weighted by molar-refractivity contribution is 7.79. The first-order chi connectivity index (χ1) is 6.27. The van der Waals surface area contributed by atoms with Crippen LogP contribution >= 0.6 is 0 Å². The fourth-order valence-corrected chi connectivity index (χ4v) is 1.55. The SMILES string of the molecule is O=S(O)c1ccc2cccnc2c1. The van der Waals surface area contributed by atoms with E-state index in [1.54, 1.807) is 24.4 Å². The van der Waals surface area contributed by atoms with Gasteiger partial charge in [-0.15, -0.1) is 0 Å². The molecule has 0 aliphatic heterocycles. The van der Waals surface area contributed by atoms with Gasteiger partial charge in [-0.05, 0) is 18.2 Å². The third kappa shape index (κ3) is 1.59. The van der Waals surface area contributed by atoms with Gasteiger partial charge in [0, 0.05) is 11.6 Å². The Morgan fingerprint density at radius 1 is 1.31 bits per heavy atom. The molecule has 4 heteroatoms. The maximum atomic E-state index is 10.7. The summed E-state index contributed by atoms with van der Waals surface area (Å²) in [6, 6.07) is 8.77. The molecule has 2 rings (SSSR count). The summed E-state index contributed by atoms with van der Waals surface area (Å²) in [6.07, 6.45) is 1.66. The van der Waals surface area contributed by atoms with Crippen molar-refractivity contribution in [3.63, 3.8) is 0 Å². The monoisotopic (exact) mass is 193 g/mol. The van der Waals surface area contributed by atoms with E-state index >= 15 is 0 Å². The molecular formula is C9H7NO2S. The number of benzene rings is 1. The standard InChI is InChI=1S/C9H7NO2S/c11-13(12)8-4-3-7-2-1-5-10-9(7)6-8/h1-6H,(H,11,12). The van der Waals surface area contributed by atoms with Crippen molar-refractivity contribution in [3.05, 3.63) is 36.5 Å². The van der Waals surface area contributed by atoms with E-state index in [9.17, 15) is 4.21 Å². The summed E-state index contributed by atoms with van der Waals surface area (Å²) in [5.41, 5.74) is 0.738. The summed E-state index contributed by atoms with van der Waals surface area (Å²) >= 11 is -1.92. The van der Waals surface area contributed by atoms with Crippen molar-refractivity contribution in [1.82, 2.24) is 4.98 Å². The molecule has 1 N–H and O–H groups in total. The van der Waals surface area contributed by atoms with Crippen molar-refractivity contribution >= 4 is 22.0 Å². The maximum absolute atomic E-state index is 10.7. The highest BCUT2D eigenvalue weighted by Crippen LogP contribution is 2.14. The minimum absolute atomic E-state index is 0.381. The van der Waals surface area contributed by atoms with Crippen LogP contribution < -0.4 is 0 Å². The zero-order valence-corrected chi connectivity index (χ0v) is 7.49. The van der Waals surface area contributed by atoms with Crippen LogP contribution in [-0.2, 0) is 11.1 Å². The Balaban J connectivity index is 2.69. The molecule has 0 bridgehead atoms. The Bertz CT molecular complexity index is 470. The zero-order valence-electron chi connectivity index (χ0n) is 6.68. The van der Waals surface area contributed by atoms with Gasteiger partial charge in [0.25, 0.3) is 0 Å². The van der Waals surface area contributed by atoms with Gasteiger partial charge in [0.2, 0.25) is 0 Å². The van der Waals surface area contributed by atoms with E-state index in [4.69, 9.17) is 4.55 Å². The molecule has 0 fully saturated rings. The summed E-state index contributed by atoms with van der Waals surface area (Å²) in [5.74, 6) is 0. The zero-order chi connectivity index (χ0) is 9.26. The molecule has 1 unspecified atom stereocenters. The Labute approximate surface area is 77.7 Å². The van der Waals surface area contributed by atoms with Gasteiger partial charge in [-0.25, -0.2) is 4.21 Å². The van der Waals surface area contributed by atoms with Gasteiger partial charge in [0.15, 0.2) is 11.1 Å². The summed E-state index contributed by atoms with van der Waals surface area (Å²) < 4.78 is 19.6. The first kappa shape index (κ1) is 8.34. The van der Waals surface area contributed by atoms with Crippen LogP contribution in [0.2, 0.25) is 0 Å². The second-order valence-corrected chi connectivity index (χ2v) is 3.58. The predicted octanol–water partition coefficient (Wildman–Crippen LogP) is 1.82. The lowest BCUT2D eigenvalue weighted by molar-refractivity contribution is 0.564. The van der Waals surface area contributed by atoms with E-state index in [2.05, 4.69) is 4.98 Å². The normalized spacial score (nSPS) is 13.0. The van der Waals surface area contributed by atoms with Gasteiger partial charge in [0.05, 0.1) is 10.4 Å². The number of rotatable bonds is 1. The van der Waals surface area contributed by atoms with Crippen molar-refractivity contribution in [3.8, 4) is 0 Å². The summed E-state index contributed by atoms with van der Waals surface area (Å²) in [5, 5.41) is 0.969. The second kappa shape index (κ2) is 3.24. The molecule has 0 saturated heterocycles. The number of fused-ring (bicyclic) bond motifs is 1. The number of pyridine rings is 1. The first-order valence-corrected chi connectivity index (χ1v) is 4.84. The molecule has 1 aromatic heterocycles. The van der Waals surface area contributed by atoms with Gasteiger partial charge in [0.1, 0.15) is 0 Å². The number of hydrogen-bond acceptors (Lipinski definition) is 2. The van der Waals surface area contributed by atoms with Gasteiger partial charge in [-0.3, -0.25) is 4.98 Å². The summed E-state index contributed by atoms with van der Waals surface area (Å²) in [4.78, 5) is 4.46. The van der Waals surface area contributed by atoms with Crippen LogP contribution in [0.1, 0.15) is 0 Å². The van der Waals surface area contributed by atoms with Crippen LogP contribution in [0.25, 0.3) is 10.9 Å². The molecule has 66 valence electrons. The Morgan fingerprint density at radius 2 is 2.15 bits per heavy atom. The van der Waals surface area contributed by atoms with Crippen molar-refractivity contribution in [1.29, 1.82) is 0 Å². The third-order valence-electron chi connectivity index (χ3n) is 1.78. The predicted molar refractivity (Wildman–Crippen MR) is 50.8 cm³/mol. The number of nitrogens with zero attached hydrogens (tertiary/aromatic N) is 1. The molecule has 2 aromatic rings. The molecule has 1 aromatic carbocycles. The smallest absolute Gasteiger partial charge is 0.186 e. The van der Waals surface area contributed by atoms with Crippen LogP contribution in [-0.4, -0.2) is 13.7 Å². The molecule has 0 aliphatic rings. The third-order valence-corrected chi connectivity index (χ3v) is 2.44. The van der Waals surface area contributed by atoms with Crippen LogP contribution in [0.15, 0.2) is 41.4 Å². The Kier molecular flexibility index (Phi) is 2.08. The van der Waals surface area contributed by atoms with Crippen LogP contribution in [0.3, 0.4) is 0 Å². The van der Waals surface area contributed by atoms with Gasteiger partial charge in [-0.1, -0.05) is 12.1 Å². The van der Waals surface area contributed by atoms with Crippen LogP contribution in [0.5, 0.6) is 0 Å². The summed E-state index contributed by atoms with van der Waals surface area (Å²) in [7, 11) is 0. The Hall–Kier alpha value is -1.26. The molecule has 0 saturated carbocycles. The number of hydrogen-bond donors (Lipinski definition) is 1. The maximum Gasteiger partial charge on any atom is 0.186 e. The highest BCUT2D eigenvalue weighted by Gasteiger charge is 2.00. The second-order valence-electron chi connectivity index (χ2n) is 2.61. The van der Waals surface area contributed by atoms with E-state index in [0.717, 1.165) is 10.9 Å². The average Bonchev–Trinajstić information content (AvgIpc) is 2.17. The lowest BCUT2D eigenvalue weighted by Gasteiger charge is -1.97. The molecule has 0 amide bonds. The fourth-order valence-electron chi connectivity index (χ4n) is 1.15. The fraction of sp³-hybridized carbons (Fsp3) is 0. The van der Waals surface area contributed by atoms with Crippen LogP contribution in [0, 0.1) is 0 Å². The van der Waals surface area contributed by atoms with Crippen molar-refractivity contribution in [2.75, 3.05) is 0 Å². The molecule has 1 atom stereocenters. The molecule has 1 heterocycles. The molecule has 0 spiro atoms. The largest absolute Gasteiger partial charge is 0.302 e. The van der Waals surface area contributed by atoms with Crippen molar-refractivity contribution in [2.24, 2.45) is 0 Å². The van der Waals surface area contributed by atoms with E-state index in [1.807, 2.05) is 12.1 Å². The molecular weight excluding hydrogens is 186 g/mol. The topological polar surface area (TPSA) is 50.2 Å².